The molecular weight excluding hydrogens is 550 g/mol. The maximum Gasteiger partial charge on any atom is 0.106 e. The highest BCUT2D eigenvalue weighted by Gasteiger charge is 2.35. The highest BCUT2D eigenvalue weighted by molar-refractivity contribution is 6.35. The topological polar surface area (TPSA) is 44.9 Å². The number of imidazole rings is 2. The average Bonchev–Trinajstić information content (AvgIpc) is 3.59. The van der Waals surface area contributed by atoms with E-state index in [0.29, 0.717) is 32.9 Å². The van der Waals surface area contributed by atoms with Gasteiger partial charge in [0.25, 0.3) is 0 Å². The van der Waals surface area contributed by atoms with Crippen LogP contribution in [0.2, 0.25) is 20.1 Å². The van der Waals surface area contributed by atoms with Crippen molar-refractivity contribution in [1.29, 1.82) is 0 Å². The summed E-state index contributed by atoms with van der Waals surface area (Å²) in [6.07, 6.45) is 14.6. The Bertz CT molecular complexity index is 1220. The van der Waals surface area contributed by atoms with Crippen molar-refractivity contribution in [3.63, 3.8) is 0 Å². The SMILES string of the molecule is C=CC[C@@H]([C@@H](O[C@@H](c1ccc(Cl)cc1Cl)[C@H](CC=C)n1ccnc1)c1ccc(Cl)cc1Cl)n1ccnc1. The first kappa shape index (κ1) is 27.5. The van der Waals surface area contributed by atoms with E-state index in [-0.39, 0.29) is 12.1 Å². The van der Waals surface area contributed by atoms with Crippen LogP contribution in [0, 0.1) is 0 Å². The fourth-order valence-corrected chi connectivity index (χ4v) is 5.47. The first-order valence-electron chi connectivity index (χ1n) is 11.6. The van der Waals surface area contributed by atoms with E-state index in [1.165, 1.54) is 0 Å². The first-order valence-corrected chi connectivity index (χ1v) is 13.2. The second-order valence-corrected chi connectivity index (χ2v) is 10.2. The van der Waals surface area contributed by atoms with Crippen LogP contribution in [0.15, 0.2) is 99.2 Å². The number of benzene rings is 2. The van der Waals surface area contributed by atoms with Crippen LogP contribution in [-0.2, 0) is 4.74 Å². The molecule has 0 saturated heterocycles. The zero-order chi connectivity index (χ0) is 26.4. The zero-order valence-corrected chi connectivity index (χ0v) is 23.0. The summed E-state index contributed by atoms with van der Waals surface area (Å²) in [5.41, 5.74) is 1.56. The molecule has 37 heavy (non-hydrogen) atoms. The van der Waals surface area contributed by atoms with E-state index in [1.54, 1.807) is 49.3 Å². The molecule has 9 heteroatoms. The Balaban J connectivity index is 1.89. The molecule has 0 saturated carbocycles. The highest BCUT2D eigenvalue weighted by atomic mass is 35.5. The Kier molecular flexibility index (Phi) is 9.52. The van der Waals surface area contributed by atoms with Gasteiger partial charge in [-0.2, -0.15) is 0 Å². The van der Waals surface area contributed by atoms with Gasteiger partial charge in [0.15, 0.2) is 0 Å². The molecule has 192 valence electrons. The number of ether oxygens (including phenoxy) is 1. The molecule has 2 aromatic heterocycles. The van der Waals surface area contributed by atoms with Gasteiger partial charge in [0.05, 0.1) is 24.7 Å². The van der Waals surface area contributed by atoms with E-state index in [2.05, 4.69) is 23.1 Å². The fraction of sp³-hybridized carbons (Fsp3) is 0.214. The van der Waals surface area contributed by atoms with Crippen LogP contribution in [0.4, 0.5) is 0 Å². The van der Waals surface area contributed by atoms with Crippen molar-refractivity contribution >= 4 is 46.4 Å². The molecule has 0 N–H and O–H groups in total. The third-order valence-electron chi connectivity index (χ3n) is 6.16. The van der Waals surface area contributed by atoms with Crippen molar-refractivity contribution in [3.8, 4) is 0 Å². The van der Waals surface area contributed by atoms with Crippen molar-refractivity contribution in [2.75, 3.05) is 0 Å². The molecule has 5 nitrogen and oxygen atoms in total. The van der Waals surface area contributed by atoms with Crippen LogP contribution < -0.4 is 0 Å². The van der Waals surface area contributed by atoms with Crippen molar-refractivity contribution in [2.45, 2.75) is 37.1 Å². The maximum absolute atomic E-state index is 7.09. The minimum absolute atomic E-state index is 0.209. The molecule has 2 aromatic carbocycles. The predicted octanol–water partition coefficient (Wildman–Crippen LogP) is 9.13. The summed E-state index contributed by atoms with van der Waals surface area (Å²) < 4.78 is 11.1. The van der Waals surface area contributed by atoms with Crippen molar-refractivity contribution in [2.24, 2.45) is 0 Å². The van der Waals surface area contributed by atoms with E-state index >= 15 is 0 Å². The quantitative estimate of drug-likeness (QED) is 0.158. The van der Waals surface area contributed by atoms with E-state index < -0.39 is 12.2 Å². The van der Waals surface area contributed by atoms with Crippen LogP contribution in [0.25, 0.3) is 0 Å². The summed E-state index contributed by atoms with van der Waals surface area (Å²) in [4.78, 5) is 8.52. The third kappa shape index (κ3) is 6.49. The lowest BCUT2D eigenvalue weighted by Crippen LogP contribution is -2.26. The molecule has 0 aliphatic rings. The van der Waals surface area contributed by atoms with E-state index in [1.807, 2.05) is 45.8 Å². The van der Waals surface area contributed by atoms with E-state index in [4.69, 9.17) is 51.1 Å². The Morgan fingerprint density at radius 2 is 1.16 bits per heavy atom. The van der Waals surface area contributed by atoms with E-state index in [9.17, 15) is 0 Å². The molecule has 0 radical (unpaired) electrons. The summed E-state index contributed by atoms with van der Waals surface area (Å²) in [6, 6.07) is 10.4. The molecule has 4 rings (SSSR count). The summed E-state index contributed by atoms with van der Waals surface area (Å²) in [5.74, 6) is 0. The standard InChI is InChI=1S/C28H26Cl4N4O/c1-3-5-25(35-13-11-33-17-35)27(21-9-7-19(29)15-23(21)31)37-28(22-10-8-20(30)16-24(22)32)26(6-4-2)36-14-12-34-18-36/h3-4,7-18,25-28H,1-2,5-6H2/t25-,26-,27-,28-/m0/s1. The third-order valence-corrected chi connectivity index (χ3v) is 7.29. The van der Waals surface area contributed by atoms with Crippen molar-refractivity contribution < 1.29 is 4.74 Å². The van der Waals surface area contributed by atoms with Gasteiger partial charge in [0.2, 0.25) is 0 Å². The van der Waals surface area contributed by atoms with Crippen LogP contribution in [0.5, 0.6) is 0 Å². The summed E-state index contributed by atoms with van der Waals surface area (Å²) in [5, 5.41) is 2.07. The molecular formula is C28H26Cl4N4O. The van der Waals surface area contributed by atoms with Gasteiger partial charge >= 0.3 is 0 Å². The molecule has 0 spiro atoms. The van der Waals surface area contributed by atoms with Crippen LogP contribution in [-0.4, -0.2) is 19.1 Å². The monoisotopic (exact) mass is 574 g/mol. The second kappa shape index (κ2) is 12.8. The number of allylic oxidation sites excluding steroid dienone is 2. The van der Waals surface area contributed by atoms with Crippen LogP contribution in [0.3, 0.4) is 0 Å². The second-order valence-electron chi connectivity index (χ2n) is 8.51. The smallest absolute Gasteiger partial charge is 0.106 e. The minimum atomic E-state index is -0.524. The van der Waals surface area contributed by atoms with Crippen LogP contribution >= 0.6 is 46.4 Å². The number of aromatic nitrogens is 4. The van der Waals surface area contributed by atoms with Crippen LogP contribution in [0.1, 0.15) is 48.3 Å². The Hall–Kier alpha value is -2.54. The maximum atomic E-state index is 7.09. The molecule has 0 amide bonds. The van der Waals surface area contributed by atoms with Gasteiger partial charge in [-0.1, -0.05) is 70.7 Å². The lowest BCUT2D eigenvalue weighted by Gasteiger charge is -2.36. The predicted molar refractivity (Wildman–Crippen MR) is 152 cm³/mol. The number of hydrogen-bond acceptors (Lipinski definition) is 3. The lowest BCUT2D eigenvalue weighted by molar-refractivity contribution is -0.0665. The lowest BCUT2D eigenvalue weighted by atomic mass is 9.95. The van der Waals surface area contributed by atoms with Gasteiger partial charge in [0, 0.05) is 56.0 Å². The Morgan fingerprint density at radius 3 is 1.49 bits per heavy atom. The van der Waals surface area contributed by atoms with Gasteiger partial charge in [-0.05, 0) is 37.1 Å². The molecule has 0 unspecified atom stereocenters. The molecule has 4 aromatic rings. The van der Waals surface area contributed by atoms with Crippen molar-refractivity contribution in [1.82, 2.24) is 19.1 Å². The average molecular weight is 576 g/mol. The first-order chi connectivity index (χ1) is 17.9. The zero-order valence-electron chi connectivity index (χ0n) is 19.9. The summed E-state index contributed by atoms with van der Waals surface area (Å²) >= 11 is 26.0. The van der Waals surface area contributed by atoms with Gasteiger partial charge in [-0.15, -0.1) is 13.2 Å². The van der Waals surface area contributed by atoms with E-state index in [0.717, 1.165) is 11.1 Å². The molecule has 4 atom stereocenters. The minimum Gasteiger partial charge on any atom is -0.361 e. The Labute approximate surface area is 236 Å². The fourth-order valence-electron chi connectivity index (χ4n) is 4.44. The summed E-state index contributed by atoms with van der Waals surface area (Å²) in [7, 11) is 0. The molecule has 0 aliphatic heterocycles. The van der Waals surface area contributed by atoms with Gasteiger partial charge in [-0.3, -0.25) is 0 Å². The molecule has 2 heterocycles. The molecule has 0 aliphatic carbocycles. The number of hydrogen-bond donors (Lipinski definition) is 0. The number of halogens is 4. The molecule has 0 bridgehead atoms. The summed E-state index contributed by atoms with van der Waals surface area (Å²) in [6.45, 7) is 7.97. The largest absolute Gasteiger partial charge is 0.361 e. The van der Waals surface area contributed by atoms with Gasteiger partial charge in [0.1, 0.15) is 12.2 Å². The van der Waals surface area contributed by atoms with Gasteiger partial charge in [-0.25, -0.2) is 9.97 Å². The number of nitrogens with zero attached hydrogens (tertiary/aromatic N) is 4. The Morgan fingerprint density at radius 1 is 0.730 bits per heavy atom. The normalized spacial score (nSPS) is 14.6. The van der Waals surface area contributed by atoms with Crippen molar-refractivity contribution in [3.05, 3.63) is 130 Å². The van der Waals surface area contributed by atoms with Gasteiger partial charge < -0.3 is 13.9 Å². The molecule has 0 fully saturated rings. The highest BCUT2D eigenvalue weighted by Crippen LogP contribution is 2.46. The number of rotatable bonds is 12.